The molecule has 134 valence electrons. The van der Waals surface area contributed by atoms with Crippen molar-refractivity contribution >= 4 is 78.8 Å². The van der Waals surface area contributed by atoms with Gasteiger partial charge < -0.3 is 14.5 Å². The molecule has 1 atom stereocenters. The molecule has 0 bridgehead atoms. The summed E-state index contributed by atoms with van der Waals surface area (Å²) in [6.07, 6.45) is 0.885. The van der Waals surface area contributed by atoms with Crippen molar-refractivity contribution < 1.29 is 9.90 Å². The number of halogens is 3. The molecule has 2 heterocycles. The van der Waals surface area contributed by atoms with E-state index < -0.39 is 5.97 Å². The fraction of sp³-hybridized carbons (Fsp3) is 0.211. The summed E-state index contributed by atoms with van der Waals surface area (Å²) in [5, 5.41) is 13.1. The van der Waals surface area contributed by atoms with Crippen LogP contribution in [0.2, 0.25) is 5.02 Å². The minimum Gasteiger partial charge on any atom is -0.550 e. The molecule has 0 radical (unpaired) electrons. The Hall–Kier alpha value is -0.700. The van der Waals surface area contributed by atoms with E-state index in [1.54, 1.807) is 11.8 Å². The van der Waals surface area contributed by atoms with E-state index in [4.69, 9.17) is 11.6 Å². The van der Waals surface area contributed by atoms with Gasteiger partial charge in [0.1, 0.15) is 0 Å². The average molecular weight is 562 g/mol. The molecule has 7 heteroatoms. The number of aliphatic carboxylic acids is 1. The maximum atomic E-state index is 11.3. The van der Waals surface area contributed by atoms with Crippen LogP contribution in [0.25, 0.3) is 10.9 Å². The molecule has 1 aliphatic heterocycles. The number of hydrogen-bond donors (Lipinski definition) is 0. The van der Waals surface area contributed by atoms with Crippen LogP contribution in [0, 0.1) is 3.57 Å². The largest absolute Gasteiger partial charge is 0.550 e. The Morgan fingerprint density at radius 1 is 1.35 bits per heavy atom. The topological polar surface area (TPSA) is 45.1 Å². The quantitative estimate of drug-likeness (QED) is 0.399. The molecule has 0 aliphatic carbocycles. The van der Waals surface area contributed by atoms with Gasteiger partial charge in [-0.3, -0.25) is 0 Å². The SMILES string of the molecule is O=C([O-])CC1CCn2c1c(Sc1ccc(Cl)cc1)c1c(Br)cc(I)cc12. The third-order valence-electron chi connectivity index (χ3n) is 4.61. The van der Waals surface area contributed by atoms with Crippen molar-refractivity contribution in [2.75, 3.05) is 0 Å². The van der Waals surface area contributed by atoms with Crippen molar-refractivity contribution in [3.63, 3.8) is 0 Å². The van der Waals surface area contributed by atoms with Crippen molar-refractivity contribution in [3.05, 3.63) is 55.2 Å². The van der Waals surface area contributed by atoms with Gasteiger partial charge in [0, 0.05) is 52.4 Å². The molecule has 3 nitrogen and oxygen atoms in total. The predicted octanol–water partition coefficient (Wildman–Crippen LogP) is 5.44. The van der Waals surface area contributed by atoms with Crippen LogP contribution in [-0.2, 0) is 11.3 Å². The minimum atomic E-state index is -0.996. The Morgan fingerprint density at radius 3 is 2.77 bits per heavy atom. The van der Waals surface area contributed by atoms with E-state index in [9.17, 15) is 9.90 Å². The zero-order chi connectivity index (χ0) is 18.4. The lowest BCUT2D eigenvalue weighted by molar-refractivity contribution is -0.306. The Morgan fingerprint density at radius 2 is 2.08 bits per heavy atom. The average Bonchev–Trinajstić information content (AvgIpc) is 3.09. The molecular formula is C19H13BrClINO2S-. The van der Waals surface area contributed by atoms with Gasteiger partial charge in [-0.1, -0.05) is 39.3 Å². The van der Waals surface area contributed by atoms with Crippen LogP contribution in [0.3, 0.4) is 0 Å². The fourth-order valence-electron chi connectivity index (χ4n) is 3.57. The summed E-state index contributed by atoms with van der Waals surface area (Å²) in [7, 11) is 0. The first-order valence-electron chi connectivity index (χ1n) is 8.08. The number of fused-ring (bicyclic) bond motifs is 3. The van der Waals surface area contributed by atoms with Gasteiger partial charge >= 0.3 is 0 Å². The van der Waals surface area contributed by atoms with Crippen molar-refractivity contribution in [2.24, 2.45) is 0 Å². The van der Waals surface area contributed by atoms with E-state index in [2.05, 4.69) is 55.2 Å². The van der Waals surface area contributed by atoms with Gasteiger partial charge in [-0.2, -0.15) is 0 Å². The first-order valence-corrected chi connectivity index (χ1v) is 11.1. The van der Waals surface area contributed by atoms with Crippen LogP contribution in [0.5, 0.6) is 0 Å². The van der Waals surface area contributed by atoms with E-state index in [0.29, 0.717) is 5.02 Å². The van der Waals surface area contributed by atoms with Crippen LogP contribution in [0.4, 0.5) is 0 Å². The molecule has 0 amide bonds. The second-order valence-electron chi connectivity index (χ2n) is 6.27. The van der Waals surface area contributed by atoms with Gasteiger partial charge in [-0.15, -0.1) is 0 Å². The van der Waals surface area contributed by atoms with Crippen molar-refractivity contribution in [3.8, 4) is 0 Å². The Labute approximate surface area is 182 Å². The number of carboxylic acid groups (broad SMARTS) is 1. The number of aromatic nitrogens is 1. The third-order valence-corrected chi connectivity index (χ3v) is 7.24. The lowest BCUT2D eigenvalue weighted by atomic mass is 10.0. The van der Waals surface area contributed by atoms with Crippen LogP contribution >= 0.6 is 61.9 Å². The molecule has 0 saturated heterocycles. The molecule has 1 unspecified atom stereocenters. The van der Waals surface area contributed by atoms with Gasteiger partial charge in [0.2, 0.25) is 0 Å². The highest BCUT2D eigenvalue weighted by Gasteiger charge is 2.31. The van der Waals surface area contributed by atoms with E-state index in [1.165, 1.54) is 0 Å². The van der Waals surface area contributed by atoms with Crippen LogP contribution in [0.15, 0.2) is 50.7 Å². The number of benzene rings is 2. The maximum absolute atomic E-state index is 11.3. The monoisotopic (exact) mass is 560 g/mol. The number of nitrogens with zero attached hydrogens (tertiary/aromatic N) is 1. The summed E-state index contributed by atoms with van der Waals surface area (Å²) in [5.74, 6) is -1.02. The normalized spacial score (nSPS) is 16.2. The minimum absolute atomic E-state index is 0.0215. The molecule has 0 spiro atoms. The summed E-state index contributed by atoms with van der Waals surface area (Å²) >= 11 is 13.7. The molecule has 26 heavy (non-hydrogen) atoms. The van der Waals surface area contributed by atoms with Gasteiger partial charge in [-0.05, 0) is 71.8 Å². The summed E-state index contributed by atoms with van der Waals surface area (Å²) < 4.78 is 4.45. The van der Waals surface area contributed by atoms with Crippen molar-refractivity contribution in [2.45, 2.75) is 35.1 Å². The first-order chi connectivity index (χ1) is 12.4. The Kier molecular flexibility index (Phi) is 5.29. The standard InChI is InChI=1S/C19H14BrClINO2S/c20-14-8-12(22)9-15-17(14)19(26-13-3-1-11(21)2-4-13)18-10(7-16(24)25)5-6-23(15)18/h1-4,8-10H,5-7H2,(H,24,25)/p-1. The lowest BCUT2D eigenvalue weighted by Gasteiger charge is -2.13. The summed E-state index contributed by atoms with van der Waals surface area (Å²) in [6.45, 7) is 0.831. The number of carboxylic acids is 1. The van der Waals surface area contributed by atoms with Gasteiger partial charge in [0.15, 0.2) is 0 Å². The molecule has 3 aromatic rings. The molecule has 1 aromatic heterocycles. The van der Waals surface area contributed by atoms with E-state index in [0.717, 1.165) is 47.4 Å². The van der Waals surface area contributed by atoms with E-state index >= 15 is 0 Å². The first kappa shape index (κ1) is 18.7. The highest BCUT2D eigenvalue weighted by molar-refractivity contribution is 14.1. The van der Waals surface area contributed by atoms with Gasteiger partial charge in [-0.25, -0.2) is 0 Å². The van der Waals surface area contributed by atoms with Crippen molar-refractivity contribution in [1.82, 2.24) is 4.57 Å². The summed E-state index contributed by atoms with van der Waals surface area (Å²) in [5.41, 5.74) is 2.25. The van der Waals surface area contributed by atoms with E-state index in [1.807, 2.05) is 24.3 Å². The Bertz CT molecular complexity index is 1020. The molecule has 0 fully saturated rings. The van der Waals surface area contributed by atoms with Crippen LogP contribution in [0.1, 0.15) is 24.5 Å². The molecule has 0 N–H and O–H groups in total. The fourth-order valence-corrected chi connectivity index (χ4v) is 6.72. The van der Waals surface area contributed by atoms with E-state index in [-0.39, 0.29) is 12.3 Å². The third kappa shape index (κ3) is 3.41. The molecule has 0 saturated carbocycles. The number of aryl methyl sites for hydroxylation is 1. The maximum Gasteiger partial charge on any atom is 0.0516 e. The van der Waals surface area contributed by atoms with Gasteiger partial charge in [0.25, 0.3) is 0 Å². The smallest absolute Gasteiger partial charge is 0.0516 e. The number of hydrogen-bond acceptors (Lipinski definition) is 3. The molecule has 4 rings (SSSR count). The highest BCUT2D eigenvalue weighted by atomic mass is 127. The zero-order valence-electron chi connectivity index (χ0n) is 13.5. The number of carbonyl (C=O) groups is 1. The number of carbonyl (C=O) groups excluding carboxylic acids is 1. The van der Waals surface area contributed by atoms with Gasteiger partial charge in [0.05, 0.1) is 5.52 Å². The second kappa shape index (κ2) is 7.37. The van der Waals surface area contributed by atoms with Crippen LogP contribution in [-0.4, -0.2) is 10.5 Å². The molecule has 1 aliphatic rings. The predicted molar refractivity (Wildman–Crippen MR) is 115 cm³/mol. The summed E-state index contributed by atoms with van der Waals surface area (Å²) in [6, 6.07) is 12.0. The van der Waals surface area contributed by atoms with Crippen LogP contribution < -0.4 is 5.11 Å². The zero-order valence-corrected chi connectivity index (χ0v) is 18.8. The molecule has 2 aromatic carbocycles. The lowest BCUT2D eigenvalue weighted by Crippen LogP contribution is -2.24. The highest BCUT2D eigenvalue weighted by Crippen LogP contribution is 2.48. The molecular weight excluding hydrogens is 549 g/mol. The number of rotatable bonds is 4. The Balaban J connectivity index is 1.91. The van der Waals surface area contributed by atoms with Crippen molar-refractivity contribution in [1.29, 1.82) is 0 Å². The summed E-state index contributed by atoms with van der Waals surface area (Å²) in [4.78, 5) is 13.5. The second-order valence-corrected chi connectivity index (χ2v) is 9.89.